The average molecular weight is 504 g/mol. The van der Waals surface area contributed by atoms with E-state index in [-0.39, 0.29) is 51.3 Å². The van der Waals surface area contributed by atoms with Gasteiger partial charge in [0.1, 0.15) is 12.0 Å². The van der Waals surface area contributed by atoms with Crippen LogP contribution in [0.2, 0.25) is 19.6 Å². The van der Waals surface area contributed by atoms with Gasteiger partial charge in [0, 0.05) is 27.3 Å². The predicted molar refractivity (Wildman–Crippen MR) is 141 cm³/mol. The number of Topliss-reactive ketones (excluding diaryl/α,β-unsaturated/α-hetero) is 1. The van der Waals surface area contributed by atoms with Crippen molar-refractivity contribution in [2.45, 2.75) is 64.3 Å². The van der Waals surface area contributed by atoms with Crippen LogP contribution in [-0.2, 0) is 14.0 Å². The maximum Gasteiger partial charge on any atom is 1.00 e. The van der Waals surface area contributed by atoms with Gasteiger partial charge in [0.2, 0.25) is 8.32 Å². The molecule has 0 aromatic rings. The molecule has 0 heterocycles. The van der Waals surface area contributed by atoms with Crippen LogP contribution in [0.4, 0.5) is 0 Å². The molecule has 2 aliphatic rings. The first kappa shape index (κ1) is 39.9. The minimum Gasteiger partial charge on any atom is -1.00 e. The molecule has 3 radical (unpaired) electrons. The van der Waals surface area contributed by atoms with E-state index in [4.69, 9.17) is 34.0 Å². The fourth-order valence-electron chi connectivity index (χ4n) is 2.28. The molecule has 2 rings (SSSR count). The van der Waals surface area contributed by atoms with E-state index in [0.29, 0.717) is 31.4 Å². The Morgan fingerprint density at radius 1 is 1.17 bits per heavy atom. The quantitative estimate of drug-likeness (QED) is 0.277. The molecule has 35 heavy (non-hydrogen) atoms. The van der Waals surface area contributed by atoms with Gasteiger partial charge in [-0.15, -0.1) is 6.58 Å². The molecule has 0 saturated heterocycles. The smallest absolute Gasteiger partial charge is 1.00 e. The second kappa shape index (κ2) is 24.8. The molecule has 7 nitrogen and oxygen atoms in total. The first-order valence-electron chi connectivity index (χ1n) is 10.4. The molecular formula is C25H36BN3NaO4Si. The molecule has 1 atom stereocenters. The summed E-state index contributed by atoms with van der Waals surface area (Å²) in [6, 6.07) is 0. The van der Waals surface area contributed by atoms with E-state index in [0.717, 1.165) is 24.2 Å². The summed E-state index contributed by atoms with van der Waals surface area (Å²) < 4.78 is 10.2. The second-order valence-corrected chi connectivity index (χ2v) is 12.2. The molecule has 0 spiro atoms. The fraction of sp³-hybridized carbons (Fsp3) is 0.440. The van der Waals surface area contributed by atoms with Crippen LogP contribution in [0, 0.1) is 19.7 Å². The molecular weight excluding hydrogens is 468 g/mol. The third-order valence-electron chi connectivity index (χ3n) is 3.79. The number of carbonyl (C=O) groups is 1. The van der Waals surface area contributed by atoms with Crippen molar-refractivity contribution in [3.63, 3.8) is 0 Å². The molecule has 0 aliphatic heterocycles. The van der Waals surface area contributed by atoms with Gasteiger partial charge in [0.15, 0.2) is 11.4 Å². The zero-order chi connectivity index (χ0) is 25.7. The Hall–Kier alpha value is -2.32. The van der Waals surface area contributed by atoms with Gasteiger partial charge in [-0.2, -0.15) is 0 Å². The van der Waals surface area contributed by atoms with E-state index >= 15 is 0 Å². The Morgan fingerprint density at radius 3 is 2.06 bits per heavy atom. The largest absolute Gasteiger partial charge is 1.00 e. The van der Waals surface area contributed by atoms with E-state index in [1.165, 1.54) is 6.20 Å². The third kappa shape index (κ3) is 27.8. The number of hydrogen-bond donors (Lipinski definition) is 1. The van der Waals surface area contributed by atoms with Crippen molar-refractivity contribution in [3.05, 3.63) is 95.3 Å². The van der Waals surface area contributed by atoms with Crippen LogP contribution in [0.15, 0.2) is 61.0 Å². The van der Waals surface area contributed by atoms with Gasteiger partial charge in [0.05, 0.1) is 45.0 Å². The van der Waals surface area contributed by atoms with Crippen molar-refractivity contribution in [2.75, 3.05) is 7.11 Å². The summed E-state index contributed by atoms with van der Waals surface area (Å²) in [4.78, 5) is 19.8. The Bertz CT molecular complexity index is 866. The molecule has 0 amide bonds. The monoisotopic (exact) mass is 504 g/mol. The Balaban J connectivity index is -0.000000120. The Morgan fingerprint density at radius 2 is 1.71 bits per heavy atom. The number of rotatable bonds is 4. The summed E-state index contributed by atoms with van der Waals surface area (Å²) in [5.74, 6) is 0.924. The van der Waals surface area contributed by atoms with Crippen molar-refractivity contribution >= 4 is 22.5 Å². The standard InChI is InChI=1S/C8H16O2Si.C7H9NO.C7H7NO.C3H3N.B.Na.H/c1-8(6-7-9-2)10-11(3,4)5;2*1-8-6-2-4-7(9)5-3-6;1-3-4-2;;;/h6-7H,1H2,2-5H3;2,7,9H,3-5H2;2H,3-5H2;3H,1H2;;;/q;;;;;+1;-1/b7-6+;;;;;;. The van der Waals surface area contributed by atoms with Gasteiger partial charge >= 0.3 is 29.6 Å². The van der Waals surface area contributed by atoms with E-state index in [1.807, 2.05) is 6.08 Å². The third-order valence-corrected chi connectivity index (χ3v) is 4.66. The summed E-state index contributed by atoms with van der Waals surface area (Å²) in [7, 11) is 0.119. The number of methoxy groups -OCH3 is 1. The van der Waals surface area contributed by atoms with Gasteiger partial charge in [-0.1, -0.05) is 18.7 Å². The maximum absolute atomic E-state index is 10.6. The van der Waals surface area contributed by atoms with Crippen molar-refractivity contribution in [2.24, 2.45) is 0 Å². The van der Waals surface area contributed by atoms with Crippen LogP contribution in [0.5, 0.6) is 0 Å². The Kier molecular flexibility index (Phi) is 28.2. The molecule has 1 N–H and O–H groups in total. The van der Waals surface area contributed by atoms with Crippen molar-refractivity contribution in [3.8, 4) is 0 Å². The topological polar surface area (TPSA) is 68.8 Å². The zero-order valence-corrected chi connectivity index (χ0v) is 24.7. The summed E-state index contributed by atoms with van der Waals surface area (Å²) in [5, 5.41) is 8.97. The van der Waals surface area contributed by atoms with E-state index < -0.39 is 8.32 Å². The van der Waals surface area contributed by atoms with Gasteiger partial charge in [-0.3, -0.25) is 4.79 Å². The number of aliphatic hydroxyl groups is 1. The summed E-state index contributed by atoms with van der Waals surface area (Å²) in [5.41, 5.74) is 1.55. The molecule has 0 bridgehead atoms. The van der Waals surface area contributed by atoms with Crippen molar-refractivity contribution < 1.29 is 50.0 Å². The number of ether oxygens (including phenoxy) is 1. The van der Waals surface area contributed by atoms with E-state index in [2.05, 4.69) is 47.3 Å². The van der Waals surface area contributed by atoms with Gasteiger partial charge in [0.25, 0.3) is 0 Å². The molecule has 0 aromatic heterocycles. The molecule has 0 saturated carbocycles. The normalized spacial score (nSPS) is 15.7. The van der Waals surface area contributed by atoms with Crippen LogP contribution in [-0.4, -0.2) is 40.8 Å². The number of allylic oxidation sites excluding steroid dienone is 4. The van der Waals surface area contributed by atoms with Gasteiger partial charge < -0.3 is 15.7 Å². The SMILES string of the molecule is C=C(/C=C/OC)O[Si](C)(C)C.[B].[C-]#[N+]C1=CCC(=O)CC1.[C-]#[N+]C1=CCC(O)CC1.[C-]#[N+]C=C.[H-].[Na+]. The Labute approximate surface area is 238 Å². The number of nitrogens with zero attached hydrogens (tertiary/aromatic N) is 3. The number of ketones is 1. The molecule has 1 unspecified atom stereocenters. The average Bonchev–Trinajstić information content (AvgIpc) is 2.78. The molecule has 2 aliphatic carbocycles. The molecule has 183 valence electrons. The molecule has 0 aromatic carbocycles. The maximum atomic E-state index is 10.6. The van der Waals surface area contributed by atoms with Crippen molar-refractivity contribution in [1.82, 2.24) is 0 Å². The summed E-state index contributed by atoms with van der Waals surface area (Å²) in [6.45, 7) is 32.4. The van der Waals surface area contributed by atoms with E-state index in [1.54, 1.807) is 25.5 Å². The zero-order valence-electron chi connectivity index (χ0n) is 22.7. The predicted octanol–water partition coefficient (Wildman–Crippen LogP) is 3.17. The van der Waals surface area contributed by atoms with Crippen LogP contribution < -0.4 is 29.6 Å². The fourth-order valence-corrected chi connectivity index (χ4v) is 3.14. The van der Waals surface area contributed by atoms with Crippen LogP contribution in [0.25, 0.3) is 14.5 Å². The number of hydrogen-bond acceptors (Lipinski definition) is 4. The van der Waals surface area contributed by atoms with Gasteiger partial charge in [-0.05, 0) is 45.3 Å². The minimum atomic E-state index is -1.48. The first-order chi connectivity index (χ1) is 15.5. The first-order valence-corrected chi connectivity index (χ1v) is 13.8. The van der Waals surface area contributed by atoms with E-state index in [9.17, 15) is 4.79 Å². The summed E-state index contributed by atoms with van der Waals surface area (Å²) >= 11 is 0. The van der Waals surface area contributed by atoms with Crippen LogP contribution in [0.1, 0.15) is 40.0 Å². The number of carbonyl (C=O) groups excluding carboxylic acids is 1. The van der Waals surface area contributed by atoms with Crippen LogP contribution in [0.3, 0.4) is 0 Å². The molecule has 10 heteroatoms. The van der Waals surface area contributed by atoms with Crippen LogP contribution >= 0.6 is 0 Å². The van der Waals surface area contributed by atoms with Crippen molar-refractivity contribution in [1.29, 1.82) is 0 Å². The summed E-state index contributed by atoms with van der Waals surface area (Å²) in [6.07, 6.45) is 11.7. The minimum absolute atomic E-state index is 0. The molecule has 0 fully saturated rings. The second-order valence-electron chi connectivity index (χ2n) is 7.82. The number of aliphatic hydroxyl groups excluding tert-OH is 1. The van der Waals surface area contributed by atoms with Gasteiger partial charge in [-0.25, -0.2) is 14.5 Å².